The molecule has 0 spiro atoms. The molecule has 26 heavy (non-hydrogen) atoms. The van der Waals surface area contributed by atoms with Gasteiger partial charge in [0.05, 0.1) is 11.6 Å². The first-order valence-electron chi connectivity index (χ1n) is 7.69. The third kappa shape index (κ3) is 5.16. The van der Waals surface area contributed by atoms with Gasteiger partial charge in [-0.2, -0.15) is 5.26 Å². The van der Waals surface area contributed by atoms with Gasteiger partial charge in [0.1, 0.15) is 18.2 Å². The number of nitrogens with zero attached hydrogens (tertiary/aromatic N) is 1. The monoisotopic (exact) mass is 390 g/mol. The minimum atomic E-state index is -0.815. The zero-order chi connectivity index (χ0) is 19.1. The summed E-state index contributed by atoms with van der Waals surface area (Å²) in [6, 6.07) is 12.2. The van der Waals surface area contributed by atoms with E-state index in [9.17, 15) is 4.79 Å². The number of primary amides is 1. The number of amides is 1. The molecule has 0 unspecified atom stereocenters. The Hall–Kier alpha value is -2.68. The minimum absolute atomic E-state index is 0.182. The Kier molecular flexibility index (Phi) is 6.90. The normalized spacial score (nSPS) is 10.9. The van der Waals surface area contributed by atoms with E-state index >= 15 is 0 Å². The Bertz CT molecular complexity index is 872. The van der Waals surface area contributed by atoms with Crippen LogP contribution in [0.25, 0.3) is 6.08 Å². The summed E-state index contributed by atoms with van der Waals surface area (Å²) in [5, 5.41) is 9.90. The maximum Gasteiger partial charge on any atom is 0.259 e. The second kappa shape index (κ2) is 9.14. The molecule has 7 heteroatoms. The van der Waals surface area contributed by atoms with Gasteiger partial charge in [0, 0.05) is 5.02 Å². The molecular weight excluding hydrogens is 375 g/mol. The maximum absolute atomic E-state index is 11.2. The fourth-order valence-corrected chi connectivity index (χ4v) is 2.54. The Balaban J connectivity index is 2.32. The molecule has 0 aliphatic rings. The van der Waals surface area contributed by atoms with Crippen molar-refractivity contribution < 1.29 is 14.3 Å². The summed E-state index contributed by atoms with van der Waals surface area (Å²) in [5.74, 6) is -0.0372. The van der Waals surface area contributed by atoms with Crippen molar-refractivity contribution in [2.75, 3.05) is 6.61 Å². The molecule has 5 nitrogen and oxygen atoms in total. The van der Waals surface area contributed by atoms with E-state index in [4.69, 9.17) is 43.7 Å². The van der Waals surface area contributed by atoms with E-state index in [1.165, 1.54) is 6.08 Å². The van der Waals surface area contributed by atoms with E-state index in [1.807, 2.05) is 19.1 Å². The lowest BCUT2D eigenvalue weighted by Crippen LogP contribution is -2.12. The lowest BCUT2D eigenvalue weighted by molar-refractivity contribution is -0.114. The number of halogens is 2. The molecule has 134 valence electrons. The van der Waals surface area contributed by atoms with Crippen molar-refractivity contribution in [3.05, 3.63) is 63.1 Å². The number of hydrogen-bond acceptors (Lipinski definition) is 4. The molecule has 1 amide bonds. The molecular formula is C19H16Cl2N2O3. The van der Waals surface area contributed by atoms with Crippen LogP contribution in [0.5, 0.6) is 11.5 Å². The van der Waals surface area contributed by atoms with Crippen molar-refractivity contribution in [3.8, 4) is 17.6 Å². The number of hydrogen-bond donors (Lipinski definition) is 1. The molecule has 0 aromatic heterocycles. The predicted octanol–water partition coefficient (Wildman–Crippen LogP) is 4.36. The summed E-state index contributed by atoms with van der Waals surface area (Å²) in [6.45, 7) is 2.49. The van der Waals surface area contributed by atoms with Crippen LogP contribution in [0.2, 0.25) is 10.0 Å². The molecule has 0 aliphatic carbocycles. The number of ether oxygens (including phenoxy) is 2. The highest BCUT2D eigenvalue weighted by atomic mass is 35.5. The van der Waals surface area contributed by atoms with E-state index in [0.29, 0.717) is 28.7 Å². The molecule has 0 atom stereocenters. The fraction of sp³-hybridized carbons (Fsp3) is 0.158. The van der Waals surface area contributed by atoms with Crippen LogP contribution in [0.4, 0.5) is 0 Å². The molecule has 0 heterocycles. The average molecular weight is 391 g/mol. The number of benzene rings is 2. The smallest absolute Gasteiger partial charge is 0.259 e. The van der Waals surface area contributed by atoms with E-state index in [-0.39, 0.29) is 17.2 Å². The first-order chi connectivity index (χ1) is 12.4. The van der Waals surface area contributed by atoms with Gasteiger partial charge in [0.25, 0.3) is 5.91 Å². The number of carbonyl (C=O) groups excluding carboxylic acids is 1. The Morgan fingerprint density at radius 1 is 1.23 bits per heavy atom. The van der Waals surface area contributed by atoms with Crippen LogP contribution in [-0.2, 0) is 11.4 Å². The molecule has 2 aromatic carbocycles. The van der Waals surface area contributed by atoms with Crippen LogP contribution in [-0.4, -0.2) is 12.5 Å². The lowest BCUT2D eigenvalue weighted by atomic mass is 10.1. The first kappa shape index (κ1) is 19.6. The van der Waals surface area contributed by atoms with Crippen molar-refractivity contribution in [3.63, 3.8) is 0 Å². The summed E-state index contributed by atoms with van der Waals surface area (Å²) in [6.07, 6.45) is 1.35. The number of nitrogens with two attached hydrogens (primary N) is 1. The highest BCUT2D eigenvalue weighted by molar-refractivity contribution is 6.32. The van der Waals surface area contributed by atoms with E-state index in [0.717, 1.165) is 5.56 Å². The molecule has 0 aliphatic heterocycles. The Morgan fingerprint density at radius 3 is 2.50 bits per heavy atom. The topological polar surface area (TPSA) is 85.3 Å². The highest BCUT2D eigenvalue weighted by Gasteiger charge is 2.14. The van der Waals surface area contributed by atoms with Gasteiger partial charge in [-0.3, -0.25) is 4.79 Å². The van der Waals surface area contributed by atoms with Gasteiger partial charge >= 0.3 is 0 Å². The third-order valence-electron chi connectivity index (χ3n) is 3.33. The Morgan fingerprint density at radius 2 is 1.92 bits per heavy atom. The van der Waals surface area contributed by atoms with Crippen molar-refractivity contribution in [1.82, 2.24) is 0 Å². The van der Waals surface area contributed by atoms with Gasteiger partial charge in [0.15, 0.2) is 11.5 Å². The molecule has 0 saturated heterocycles. The molecule has 0 radical (unpaired) electrons. The molecule has 0 fully saturated rings. The van der Waals surface area contributed by atoms with Crippen LogP contribution in [0.15, 0.2) is 42.0 Å². The van der Waals surface area contributed by atoms with Crippen LogP contribution in [0, 0.1) is 11.3 Å². The number of carbonyl (C=O) groups is 1. The van der Waals surface area contributed by atoms with E-state index in [2.05, 4.69) is 0 Å². The summed E-state index contributed by atoms with van der Waals surface area (Å²) < 4.78 is 11.4. The van der Waals surface area contributed by atoms with Crippen LogP contribution < -0.4 is 15.2 Å². The van der Waals surface area contributed by atoms with Gasteiger partial charge in [-0.15, -0.1) is 0 Å². The molecule has 2 rings (SSSR count). The zero-order valence-corrected chi connectivity index (χ0v) is 15.5. The van der Waals surface area contributed by atoms with Gasteiger partial charge in [0.2, 0.25) is 0 Å². The average Bonchev–Trinajstić information content (AvgIpc) is 2.60. The summed E-state index contributed by atoms with van der Waals surface area (Å²) in [4.78, 5) is 11.2. The highest BCUT2D eigenvalue weighted by Crippen LogP contribution is 2.37. The van der Waals surface area contributed by atoms with Crippen molar-refractivity contribution in [1.29, 1.82) is 5.26 Å². The largest absolute Gasteiger partial charge is 0.490 e. The van der Waals surface area contributed by atoms with Crippen LogP contribution in [0.3, 0.4) is 0 Å². The second-order valence-corrected chi connectivity index (χ2v) is 6.06. The summed E-state index contributed by atoms with van der Waals surface area (Å²) in [5.41, 5.74) is 6.39. The van der Waals surface area contributed by atoms with Gasteiger partial charge < -0.3 is 15.2 Å². The Labute approximate surface area is 161 Å². The van der Waals surface area contributed by atoms with Crippen LogP contribution >= 0.6 is 23.2 Å². The minimum Gasteiger partial charge on any atom is -0.490 e. The molecule has 0 bridgehead atoms. The maximum atomic E-state index is 11.2. The van der Waals surface area contributed by atoms with Gasteiger partial charge in [-0.25, -0.2) is 0 Å². The fourth-order valence-electron chi connectivity index (χ4n) is 2.14. The van der Waals surface area contributed by atoms with Gasteiger partial charge in [-0.05, 0) is 48.4 Å². The van der Waals surface area contributed by atoms with E-state index < -0.39 is 5.91 Å². The van der Waals surface area contributed by atoms with Gasteiger partial charge in [-0.1, -0.05) is 35.3 Å². The summed E-state index contributed by atoms with van der Waals surface area (Å²) in [7, 11) is 0. The zero-order valence-electron chi connectivity index (χ0n) is 14.0. The second-order valence-electron chi connectivity index (χ2n) is 5.21. The quantitative estimate of drug-likeness (QED) is 0.561. The van der Waals surface area contributed by atoms with Crippen molar-refractivity contribution >= 4 is 35.2 Å². The molecule has 2 aromatic rings. The third-order valence-corrected chi connectivity index (χ3v) is 3.86. The standard InChI is InChI=1S/C19H16Cl2N2O3/c1-2-25-17-9-13(7-14(10-22)19(23)24)8-16(21)18(17)26-11-12-3-5-15(20)6-4-12/h3-9H,2,11H2,1H3,(H2,23,24)/b14-7+. The first-order valence-corrected chi connectivity index (χ1v) is 8.45. The van der Waals surface area contributed by atoms with Crippen LogP contribution in [0.1, 0.15) is 18.1 Å². The van der Waals surface area contributed by atoms with E-state index in [1.54, 1.807) is 30.3 Å². The molecule has 2 N–H and O–H groups in total. The van der Waals surface area contributed by atoms with Crippen molar-refractivity contribution in [2.45, 2.75) is 13.5 Å². The SMILES string of the molecule is CCOc1cc(/C=C(\C#N)C(N)=O)cc(Cl)c1OCc1ccc(Cl)cc1. The van der Waals surface area contributed by atoms with Crippen molar-refractivity contribution in [2.24, 2.45) is 5.73 Å². The summed E-state index contributed by atoms with van der Waals surface area (Å²) >= 11 is 12.2. The lowest BCUT2D eigenvalue weighted by Gasteiger charge is -2.14. The number of nitriles is 1. The number of rotatable bonds is 7. The predicted molar refractivity (Wildman–Crippen MR) is 101 cm³/mol. The molecule has 0 saturated carbocycles.